The summed E-state index contributed by atoms with van der Waals surface area (Å²) in [7, 11) is 1.35. The third kappa shape index (κ3) is 1.90. The van der Waals surface area contributed by atoms with E-state index in [4.69, 9.17) is 18.5 Å². The van der Waals surface area contributed by atoms with Crippen molar-refractivity contribution in [2.75, 3.05) is 20.3 Å². The van der Waals surface area contributed by atoms with Gasteiger partial charge in [0.1, 0.15) is 13.4 Å². The molecule has 3 atom stereocenters. The normalized spacial score (nSPS) is 51.1. The molecule has 0 N–H and O–H groups in total. The fraction of sp³-hybridized carbons (Fsp3) is 1.00. The molecule has 2 aliphatic rings. The van der Waals surface area contributed by atoms with E-state index in [1.165, 1.54) is 0 Å². The average molecular weight is 234 g/mol. The van der Waals surface area contributed by atoms with E-state index in [2.05, 4.69) is 0 Å². The van der Waals surface area contributed by atoms with Crippen LogP contribution in [0.5, 0.6) is 0 Å². The second-order valence-electron chi connectivity index (χ2n) is 4.20. The Morgan fingerprint density at radius 2 is 2.07 bits per heavy atom. The predicted molar refractivity (Wildman–Crippen MR) is 57.0 cm³/mol. The van der Waals surface area contributed by atoms with Crippen LogP contribution in [0, 0.1) is 5.92 Å². The van der Waals surface area contributed by atoms with Crippen LogP contribution in [0.4, 0.5) is 0 Å². The van der Waals surface area contributed by atoms with Crippen molar-refractivity contribution in [2.24, 2.45) is 5.92 Å². The molecule has 86 valence electrons. The first-order valence-corrected chi connectivity index (χ1v) is 6.32. The summed E-state index contributed by atoms with van der Waals surface area (Å²) in [6, 6.07) is 0.0117. The SMILES string of the molecule is B[C@@H]1OC2(CO[PH](=O)OC2)C(C)[C@@H]1OC. The van der Waals surface area contributed by atoms with Gasteiger partial charge >= 0.3 is 8.25 Å². The molecule has 15 heavy (non-hydrogen) atoms. The summed E-state index contributed by atoms with van der Waals surface area (Å²) in [5.74, 6) is 0.174. The second-order valence-corrected chi connectivity index (χ2v) is 5.28. The molecule has 2 aliphatic heterocycles. The van der Waals surface area contributed by atoms with Crippen LogP contribution < -0.4 is 0 Å². The molecule has 0 amide bonds. The summed E-state index contributed by atoms with van der Waals surface area (Å²) in [6.07, 6.45) is 0.0395. The van der Waals surface area contributed by atoms with Crippen molar-refractivity contribution in [3.8, 4) is 0 Å². The molecular weight excluding hydrogens is 218 g/mol. The molecule has 0 aliphatic carbocycles. The summed E-state index contributed by atoms with van der Waals surface area (Å²) in [5, 5.41) is 0. The van der Waals surface area contributed by atoms with Crippen molar-refractivity contribution in [1.82, 2.24) is 0 Å². The van der Waals surface area contributed by atoms with E-state index in [0.717, 1.165) is 0 Å². The number of hydrogen-bond acceptors (Lipinski definition) is 5. The van der Waals surface area contributed by atoms with Crippen LogP contribution in [0.2, 0.25) is 0 Å². The van der Waals surface area contributed by atoms with Crippen molar-refractivity contribution in [1.29, 1.82) is 0 Å². The first-order chi connectivity index (χ1) is 7.09. The quantitative estimate of drug-likeness (QED) is 0.464. The molecule has 0 radical (unpaired) electrons. The Hall–Kier alpha value is 0.135. The smallest absolute Gasteiger partial charge is 0.319 e. The standard InChI is InChI=1S/C8H16BO5P/c1-5-6(11-2)7(9)14-8(5)3-12-15(10)13-4-8/h5-7,15H,3-4,9H2,1-2H3/t5?,6-,7+/m0/s1. The molecule has 7 heteroatoms. The minimum Gasteiger partial charge on any atom is -0.379 e. The Morgan fingerprint density at radius 3 is 2.53 bits per heavy atom. The molecule has 2 rings (SSSR count). The van der Waals surface area contributed by atoms with Crippen LogP contribution in [-0.4, -0.2) is 45.9 Å². The third-order valence-corrected chi connectivity index (χ3v) is 4.11. The van der Waals surface area contributed by atoms with E-state index in [1.54, 1.807) is 7.11 Å². The third-order valence-electron chi connectivity index (χ3n) is 3.35. The lowest BCUT2D eigenvalue weighted by Gasteiger charge is -2.35. The molecule has 0 aromatic carbocycles. The molecule has 0 aromatic heterocycles. The number of ether oxygens (including phenoxy) is 2. The summed E-state index contributed by atoms with van der Waals surface area (Å²) < 4.78 is 32.4. The molecule has 2 fully saturated rings. The van der Waals surface area contributed by atoms with Gasteiger partial charge < -0.3 is 18.5 Å². The van der Waals surface area contributed by atoms with E-state index in [9.17, 15) is 4.57 Å². The highest BCUT2D eigenvalue weighted by Gasteiger charge is 2.53. The van der Waals surface area contributed by atoms with Crippen molar-refractivity contribution in [3.05, 3.63) is 0 Å². The minimum absolute atomic E-state index is 0.0117. The lowest BCUT2D eigenvalue weighted by atomic mass is 9.83. The minimum atomic E-state index is -2.29. The van der Waals surface area contributed by atoms with Gasteiger partial charge in [-0.3, -0.25) is 4.57 Å². The Morgan fingerprint density at radius 1 is 1.47 bits per heavy atom. The van der Waals surface area contributed by atoms with Gasteiger partial charge in [-0.05, 0) is 0 Å². The summed E-state index contributed by atoms with van der Waals surface area (Å²) >= 11 is 0. The van der Waals surface area contributed by atoms with Crippen molar-refractivity contribution in [2.45, 2.75) is 24.6 Å². The van der Waals surface area contributed by atoms with Crippen LogP contribution in [0.1, 0.15) is 6.92 Å². The maximum Gasteiger partial charge on any atom is 0.319 e. The molecule has 2 heterocycles. The lowest BCUT2D eigenvalue weighted by Crippen LogP contribution is -2.47. The Kier molecular flexibility index (Phi) is 3.24. The van der Waals surface area contributed by atoms with Crippen molar-refractivity contribution < 1.29 is 23.1 Å². The Bertz CT molecular complexity index is 264. The van der Waals surface area contributed by atoms with Crippen molar-refractivity contribution in [3.63, 3.8) is 0 Å². The molecular formula is C8H16BO5P. The van der Waals surface area contributed by atoms with E-state index in [0.29, 0.717) is 13.2 Å². The zero-order valence-electron chi connectivity index (χ0n) is 9.19. The van der Waals surface area contributed by atoms with Gasteiger partial charge in [0.2, 0.25) is 0 Å². The zero-order valence-corrected chi connectivity index (χ0v) is 10.2. The highest BCUT2D eigenvalue weighted by molar-refractivity contribution is 7.33. The van der Waals surface area contributed by atoms with Crippen LogP contribution in [-0.2, 0) is 23.1 Å². The molecule has 1 unspecified atom stereocenters. The van der Waals surface area contributed by atoms with Gasteiger partial charge in [0, 0.05) is 13.0 Å². The molecule has 2 saturated heterocycles. The van der Waals surface area contributed by atoms with Gasteiger partial charge in [0.25, 0.3) is 0 Å². The van der Waals surface area contributed by atoms with Gasteiger partial charge in [0.05, 0.1) is 25.3 Å². The monoisotopic (exact) mass is 234 g/mol. The highest BCUT2D eigenvalue weighted by Crippen LogP contribution is 2.44. The highest BCUT2D eigenvalue weighted by atomic mass is 31.1. The second kappa shape index (κ2) is 4.19. The summed E-state index contributed by atoms with van der Waals surface area (Å²) in [5.41, 5.74) is -0.487. The number of rotatable bonds is 1. The van der Waals surface area contributed by atoms with Crippen LogP contribution >= 0.6 is 8.25 Å². The van der Waals surface area contributed by atoms with Crippen molar-refractivity contribution >= 4 is 16.1 Å². The van der Waals surface area contributed by atoms with E-state index in [1.807, 2.05) is 14.8 Å². The molecule has 0 saturated carbocycles. The van der Waals surface area contributed by atoms with Gasteiger partial charge in [0.15, 0.2) is 0 Å². The van der Waals surface area contributed by atoms with E-state index in [-0.39, 0.29) is 18.0 Å². The maximum absolute atomic E-state index is 11.0. The topological polar surface area (TPSA) is 54.0 Å². The van der Waals surface area contributed by atoms with Gasteiger partial charge in [-0.1, -0.05) is 6.92 Å². The molecule has 0 bridgehead atoms. The van der Waals surface area contributed by atoms with Crippen LogP contribution in [0.3, 0.4) is 0 Å². The largest absolute Gasteiger partial charge is 0.379 e. The maximum atomic E-state index is 11.0. The molecule has 1 spiro atoms. The molecule has 0 aromatic rings. The number of hydrogen-bond donors (Lipinski definition) is 0. The summed E-state index contributed by atoms with van der Waals surface area (Å²) in [6.45, 7) is 2.71. The van der Waals surface area contributed by atoms with Gasteiger partial charge in [-0.25, -0.2) is 0 Å². The first kappa shape index (κ1) is 11.6. The van der Waals surface area contributed by atoms with E-state index >= 15 is 0 Å². The lowest BCUT2D eigenvalue weighted by molar-refractivity contribution is -0.108. The number of methoxy groups -OCH3 is 1. The fourth-order valence-corrected chi connectivity index (χ4v) is 3.23. The Labute approximate surface area is 90.8 Å². The van der Waals surface area contributed by atoms with Gasteiger partial charge in [-0.15, -0.1) is 0 Å². The predicted octanol–water partition coefficient (Wildman–Crippen LogP) is -0.198. The average Bonchev–Trinajstić information content (AvgIpc) is 2.44. The van der Waals surface area contributed by atoms with Crippen LogP contribution in [0.15, 0.2) is 0 Å². The zero-order chi connectivity index (χ0) is 11.1. The Balaban J connectivity index is 2.13. The first-order valence-electron chi connectivity index (χ1n) is 5.09. The van der Waals surface area contributed by atoms with Gasteiger partial charge in [-0.2, -0.15) is 0 Å². The van der Waals surface area contributed by atoms with E-state index < -0.39 is 13.9 Å². The fourth-order valence-electron chi connectivity index (χ4n) is 2.42. The van der Waals surface area contributed by atoms with Crippen LogP contribution in [0.25, 0.3) is 0 Å². The molecule has 5 nitrogen and oxygen atoms in total. The summed E-state index contributed by atoms with van der Waals surface area (Å²) in [4.78, 5) is 0.